The number of benzene rings is 1. The number of carbonyl (C=O) groups excluding carboxylic acids is 1. The second-order valence-corrected chi connectivity index (χ2v) is 3.09. The number of non-ortho nitro benzene ring substituents is 1. The molecule has 6 heteroatoms. The van der Waals surface area contributed by atoms with Gasteiger partial charge in [0.1, 0.15) is 0 Å². The Balaban J connectivity index is 2.62. The zero-order valence-corrected chi connectivity index (χ0v) is 7.88. The Kier molecular flexibility index (Phi) is 1.96. The Hall–Kier alpha value is -2.24. The molecular formula is C9H7N3O3. The van der Waals surface area contributed by atoms with Crippen LogP contribution in [0.15, 0.2) is 24.4 Å². The maximum atomic E-state index is 11.0. The number of carbonyl (C=O) groups is 1. The van der Waals surface area contributed by atoms with Crippen LogP contribution in [0.3, 0.4) is 0 Å². The van der Waals surface area contributed by atoms with Crippen LogP contribution in [0.4, 0.5) is 5.69 Å². The quantitative estimate of drug-likeness (QED) is 0.523. The van der Waals surface area contributed by atoms with Crippen LogP contribution in [0.5, 0.6) is 0 Å². The van der Waals surface area contributed by atoms with Gasteiger partial charge in [-0.15, -0.1) is 0 Å². The zero-order chi connectivity index (χ0) is 11.0. The van der Waals surface area contributed by atoms with Crippen molar-refractivity contribution >= 4 is 22.5 Å². The first-order chi connectivity index (χ1) is 7.08. The van der Waals surface area contributed by atoms with Crippen LogP contribution in [0.25, 0.3) is 10.9 Å². The lowest BCUT2D eigenvalue weighted by Gasteiger charge is -1.89. The summed E-state index contributed by atoms with van der Waals surface area (Å²) in [5.74, 6) is -0.228. The molecule has 1 heterocycles. The maximum absolute atomic E-state index is 11.0. The smallest absolute Gasteiger partial charge is 0.271 e. The molecular weight excluding hydrogens is 198 g/mol. The fraction of sp³-hybridized carbons (Fsp3) is 0.111. The average Bonchev–Trinajstić information content (AvgIpc) is 2.59. The predicted molar refractivity (Wildman–Crippen MR) is 52.7 cm³/mol. The Bertz CT molecular complexity index is 547. The first-order valence-corrected chi connectivity index (χ1v) is 4.23. The van der Waals surface area contributed by atoms with Gasteiger partial charge < -0.3 is 0 Å². The van der Waals surface area contributed by atoms with Crippen molar-refractivity contribution in [3.05, 3.63) is 34.5 Å². The number of fused-ring (bicyclic) bond motifs is 1. The van der Waals surface area contributed by atoms with Gasteiger partial charge in [0.25, 0.3) is 5.69 Å². The molecule has 2 rings (SSSR count). The molecule has 0 N–H and O–H groups in total. The van der Waals surface area contributed by atoms with Crippen molar-refractivity contribution in [2.24, 2.45) is 0 Å². The van der Waals surface area contributed by atoms with Crippen molar-refractivity contribution in [2.75, 3.05) is 0 Å². The van der Waals surface area contributed by atoms with Crippen LogP contribution < -0.4 is 0 Å². The fourth-order valence-electron chi connectivity index (χ4n) is 1.28. The standard InChI is InChI=1S/C9H7N3O3/c1-6(13)11-5-7-2-3-8(12(14)15)4-9(7)10-11/h2-5H,1H3. The van der Waals surface area contributed by atoms with Crippen LogP contribution >= 0.6 is 0 Å². The number of nitro groups is 1. The Morgan fingerprint density at radius 2 is 2.27 bits per heavy atom. The molecule has 0 radical (unpaired) electrons. The Morgan fingerprint density at radius 1 is 1.53 bits per heavy atom. The molecule has 0 aliphatic rings. The number of hydrogen-bond acceptors (Lipinski definition) is 4. The number of hydrogen-bond donors (Lipinski definition) is 0. The largest absolute Gasteiger partial charge is 0.273 e. The number of nitro benzene ring substituents is 1. The second kappa shape index (κ2) is 3.16. The van der Waals surface area contributed by atoms with Gasteiger partial charge in [0.15, 0.2) is 0 Å². The highest BCUT2D eigenvalue weighted by Crippen LogP contribution is 2.19. The first kappa shape index (κ1) is 9.32. The molecule has 0 amide bonds. The van der Waals surface area contributed by atoms with E-state index in [2.05, 4.69) is 5.10 Å². The van der Waals surface area contributed by atoms with Gasteiger partial charge in [-0.25, -0.2) is 4.68 Å². The lowest BCUT2D eigenvalue weighted by molar-refractivity contribution is -0.384. The molecule has 15 heavy (non-hydrogen) atoms. The highest BCUT2D eigenvalue weighted by Gasteiger charge is 2.09. The van der Waals surface area contributed by atoms with Gasteiger partial charge in [0, 0.05) is 30.6 Å². The van der Waals surface area contributed by atoms with Crippen molar-refractivity contribution in [3.63, 3.8) is 0 Å². The lowest BCUT2D eigenvalue weighted by Crippen LogP contribution is -2.04. The first-order valence-electron chi connectivity index (χ1n) is 4.23. The van der Waals surface area contributed by atoms with E-state index in [1.165, 1.54) is 19.1 Å². The molecule has 0 saturated carbocycles. The third-order valence-corrected chi connectivity index (χ3v) is 2.02. The van der Waals surface area contributed by atoms with Gasteiger partial charge in [-0.1, -0.05) is 0 Å². The minimum atomic E-state index is -0.494. The van der Waals surface area contributed by atoms with Crippen molar-refractivity contribution < 1.29 is 9.72 Å². The molecule has 0 aliphatic carbocycles. The molecule has 1 aromatic carbocycles. The summed E-state index contributed by atoms with van der Waals surface area (Å²) in [5.41, 5.74) is 0.413. The van der Waals surface area contributed by atoms with Crippen LogP contribution in [-0.4, -0.2) is 20.6 Å². The van der Waals surface area contributed by atoms with Crippen molar-refractivity contribution in [1.29, 1.82) is 0 Å². The second-order valence-electron chi connectivity index (χ2n) is 3.09. The molecule has 2 aromatic rings. The lowest BCUT2D eigenvalue weighted by atomic mass is 10.2. The summed E-state index contributed by atoms with van der Waals surface area (Å²) in [6, 6.07) is 4.29. The SMILES string of the molecule is CC(=O)n1cc2ccc([N+](=O)[O-])cc2n1. The normalized spacial score (nSPS) is 10.5. The minimum Gasteiger partial charge on any atom is -0.273 e. The summed E-state index contributed by atoms with van der Waals surface area (Å²) >= 11 is 0. The summed E-state index contributed by atoms with van der Waals surface area (Å²) in [7, 11) is 0. The molecule has 0 spiro atoms. The molecule has 0 fully saturated rings. The number of aromatic nitrogens is 2. The van der Waals surface area contributed by atoms with Gasteiger partial charge in [-0.05, 0) is 6.07 Å². The number of nitrogens with zero attached hydrogens (tertiary/aromatic N) is 3. The van der Waals surface area contributed by atoms with Crippen LogP contribution in [-0.2, 0) is 0 Å². The van der Waals surface area contributed by atoms with E-state index in [1.54, 1.807) is 12.3 Å². The minimum absolute atomic E-state index is 0.0312. The molecule has 1 aromatic heterocycles. The van der Waals surface area contributed by atoms with Crippen LogP contribution in [0.1, 0.15) is 11.7 Å². The topological polar surface area (TPSA) is 78.0 Å². The third-order valence-electron chi connectivity index (χ3n) is 2.02. The Labute approximate surface area is 84.3 Å². The van der Waals surface area contributed by atoms with E-state index in [4.69, 9.17) is 0 Å². The maximum Gasteiger partial charge on any atom is 0.271 e. The monoisotopic (exact) mass is 205 g/mol. The highest BCUT2D eigenvalue weighted by atomic mass is 16.6. The summed E-state index contributed by atoms with van der Waals surface area (Å²) in [5, 5.41) is 15.1. The zero-order valence-electron chi connectivity index (χ0n) is 7.88. The van der Waals surface area contributed by atoms with Gasteiger partial charge >= 0.3 is 0 Å². The highest BCUT2D eigenvalue weighted by molar-refractivity contribution is 5.85. The van der Waals surface area contributed by atoms with E-state index < -0.39 is 4.92 Å². The van der Waals surface area contributed by atoms with Crippen molar-refractivity contribution in [2.45, 2.75) is 6.92 Å². The van der Waals surface area contributed by atoms with E-state index in [0.29, 0.717) is 10.9 Å². The summed E-state index contributed by atoms with van der Waals surface area (Å²) in [4.78, 5) is 21.0. The van der Waals surface area contributed by atoms with Crippen molar-refractivity contribution in [3.8, 4) is 0 Å². The van der Waals surface area contributed by atoms with Crippen LogP contribution in [0.2, 0.25) is 0 Å². The molecule has 0 atom stereocenters. The summed E-state index contributed by atoms with van der Waals surface area (Å²) in [6.45, 7) is 1.38. The molecule has 0 unspecified atom stereocenters. The summed E-state index contributed by atoms with van der Waals surface area (Å²) < 4.78 is 1.16. The Morgan fingerprint density at radius 3 is 2.87 bits per heavy atom. The van der Waals surface area contributed by atoms with Gasteiger partial charge in [-0.3, -0.25) is 14.9 Å². The molecule has 6 nitrogen and oxygen atoms in total. The molecule has 0 bridgehead atoms. The van der Waals surface area contributed by atoms with E-state index in [9.17, 15) is 14.9 Å². The molecule has 0 saturated heterocycles. The predicted octanol–water partition coefficient (Wildman–Crippen LogP) is 1.60. The average molecular weight is 205 g/mol. The van der Waals surface area contributed by atoms with Gasteiger partial charge in [-0.2, -0.15) is 5.10 Å². The molecule has 0 aliphatic heterocycles. The van der Waals surface area contributed by atoms with Gasteiger partial charge in [0.2, 0.25) is 5.91 Å². The van der Waals surface area contributed by atoms with E-state index in [1.807, 2.05) is 0 Å². The van der Waals surface area contributed by atoms with E-state index in [0.717, 1.165) is 4.68 Å². The molecule has 76 valence electrons. The third kappa shape index (κ3) is 1.56. The van der Waals surface area contributed by atoms with Crippen molar-refractivity contribution in [1.82, 2.24) is 9.78 Å². The number of rotatable bonds is 1. The summed E-state index contributed by atoms with van der Waals surface area (Å²) in [6.07, 6.45) is 1.54. The van der Waals surface area contributed by atoms with Gasteiger partial charge in [0.05, 0.1) is 10.4 Å². The van der Waals surface area contributed by atoms with E-state index in [-0.39, 0.29) is 11.6 Å². The van der Waals surface area contributed by atoms with E-state index >= 15 is 0 Å². The fourth-order valence-corrected chi connectivity index (χ4v) is 1.28. The van der Waals surface area contributed by atoms with Crippen LogP contribution in [0, 0.1) is 10.1 Å².